The Morgan fingerprint density at radius 2 is 1.65 bits per heavy atom. The second-order valence-corrected chi connectivity index (χ2v) is 6.60. The highest BCUT2D eigenvalue weighted by Crippen LogP contribution is 2.39. The van der Waals surface area contributed by atoms with Crippen molar-refractivity contribution < 1.29 is 30.9 Å². The van der Waals surface area contributed by atoms with E-state index in [0.717, 1.165) is 6.07 Å². The number of nitrogens with two attached hydrogens (primary N) is 1. The molecular weight excluding hydrogens is 433 g/mol. The number of allylic oxidation sites excluding steroid dienone is 1. The van der Waals surface area contributed by atoms with Crippen LogP contribution in [0.15, 0.2) is 22.9 Å². The first-order chi connectivity index (χ1) is 11.7. The number of nitriles is 1. The predicted molar refractivity (Wildman–Crippen MR) is 83.8 cm³/mol. The van der Waals surface area contributed by atoms with E-state index in [2.05, 4.69) is 0 Å². The Hall–Kier alpha value is -1.81. The Kier molecular flexibility index (Phi) is 6.69. The molecule has 1 atom stereocenters. The Morgan fingerprint density at radius 1 is 1.19 bits per heavy atom. The molecular formula is C12H6Cl2F6N4OS. The van der Waals surface area contributed by atoms with Crippen LogP contribution < -0.4 is 11.1 Å². The second kappa shape index (κ2) is 7.83. The molecule has 0 spiro atoms. The van der Waals surface area contributed by atoms with E-state index in [9.17, 15) is 30.9 Å². The van der Waals surface area contributed by atoms with Crippen molar-refractivity contribution in [2.24, 2.45) is 5.73 Å². The highest BCUT2D eigenvalue weighted by Gasteiger charge is 2.50. The molecule has 26 heavy (non-hydrogen) atoms. The maximum atomic E-state index is 12.7. The number of benzene rings is 1. The van der Waals surface area contributed by atoms with Gasteiger partial charge in [0.2, 0.25) is 4.91 Å². The van der Waals surface area contributed by atoms with E-state index in [1.807, 2.05) is 5.32 Å². The number of halogens is 8. The summed E-state index contributed by atoms with van der Waals surface area (Å²) in [6, 6.07) is 1.90. The molecule has 1 aromatic rings. The summed E-state index contributed by atoms with van der Waals surface area (Å²) in [4.78, 5) is -1.42. The summed E-state index contributed by atoms with van der Waals surface area (Å²) in [6.07, 6.45) is -4.79. The minimum absolute atomic E-state index is 0.430. The highest BCUT2D eigenvalue weighted by molar-refractivity contribution is 7.97. The molecule has 0 amide bonds. The number of hydrogen-bond acceptors (Lipinski definition) is 5. The fourth-order valence-corrected chi connectivity index (χ4v) is 2.84. The van der Waals surface area contributed by atoms with Crippen molar-refractivity contribution in [3.63, 3.8) is 0 Å². The third kappa shape index (κ3) is 5.10. The Balaban J connectivity index is 3.45. The van der Waals surface area contributed by atoms with Crippen LogP contribution in [0.5, 0.6) is 0 Å². The third-order valence-corrected chi connectivity index (χ3v) is 4.42. The van der Waals surface area contributed by atoms with Gasteiger partial charge in [-0.15, -0.1) is 13.2 Å². The highest BCUT2D eigenvalue weighted by atomic mass is 35.5. The lowest BCUT2D eigenvalue weighted by Gasteiger charge is -2.18. The molecule has 0 saturated carbocycles. The third-order valence-electron chi connectivity index (χ3n) is 2.61. The van der Waals surface area contributed by atoms with Crippen LogP contribution in [0.1, 0.15) is 5.56 Å². The Bertz CT molecular complexity index is 779. The average molecular weight is 439 g/mol. The van der Waals surface area contributed by atoms with Gasteiger partial charge < -0.3 is 15.6 Å². The molecule has 0 fully saturated rings. The van der Waals surface area contributed by atoms with Crippen molar-refractivity contribution >= 4 is 45.8 Å². The van der Waals surface area contributed by atoms with Gasteiger partial charge in [0.05, 0.1) is 21.3 Å². The first-order valence-electron chi connectivity index (χ1n) is 6.00. The van der Waals surface area contributed by atoms with Crippen molar-refractivity contribution in [2.75, 3.05) is 5.32 Å². The summed E-state index contributed by atoms with van der Waals surface area (Å²) in [5, 5.41) is 16.4. The van der Waals surface area contributed by atoms with Crippen molar-refractivity contribution in [1.29, 1.82) is 10.7 Å². The van der Waals surface area contributed by atoms with Crippen molar-refractivity contribution in [3.8, 4) is 6.07 Å². The molecule has 0 aliphatic rings. The minimum atomic E-state index is -5.35. The molecule has 1 unspecified atom stereocenters. The quantitative estimate of drug-likeness (QED) is 0.368. The van der Waals surface area contributed by atoms with Gasteiger partial charge in [-0.3, -0.25) is 5.41 Å². The minimum Gasteiger partial charge on any atom is -0.604 e. The van der Waals surface area contributed by atoms with E-state index >= 15 is 0 Å². The molecule has 0 aromatic heterocycles. The summed E-state index contributed by atoms with van der Waals surface area (Å²) in [7, 11) is 0. The fourth-order valence-electron chi connectivity index (χ4n) is 1.54. The number of rotatable bonds is 4. The number of nitrogens with zero attached hydrogens (tertiary/aromatic N) is 1. The summed E-state index contributed by atoms with van der Waals surface area (Å²) in [6.45, 7) is 0. The van der Waals surface area contributed by atoms with E-state index in [4.69, 9.17) is 39.6 Å². The van der Waals surface area contributed by atoms with Crippen LogP contribution in [0.4, 0.5) is 32.0 Å². The first kappa shape index (κ1) is 22.2. The lowest BCUT2D eigenvalue weighted by molar-refractivity contribution is -0.137. The van der Waals surface area contributed by atoms with Crippen LogP contribution in [-0.4, -0.2) is 15.8 Å². The van der Waals surface area contributed by atoms with Gasteiger partial charge in [-0.1, -0.05) is 23.2 Å². The van der Waals surface area contributed by atoms with Crippen LogP contribution in [0.3, 0.4) is 0 Å². The van der Waals surface area contributed by atoms with Gasteiger partial charge >= 0.3 is 11.7 Å². The number of nitrogens with one attached hydrogen (secondary N) is 2. The molecule has 0 aliphatic heterocycles. The van der Waals surface area contributed by atoms with Gasteiger partial charge in [-0.05, 0) is 12.1 Å². The van der Waals surface area contributed by atoms with E-state index in [0.29, 0.717) is 12.1 Å². The smallest absolute Gasteiger partial charge is 0.578 e. The molecule has 4 N–H and O–H groups in total. The SMILES string of the molecule is N#CC(=N)/C(=C(/N)Nc1c(Cl)cc(C(F)(F)F)cc1Cl)[S+]([O-])C(F)(F)F. The van der Waals surface area contributed by atoms with Crippen LogP contribution in [0.2, 0.25) is 10.0 Å². The van der Waals surface area contributed by atoms with Crippen molar-refractivity contribution in [1.82, 2.24) is 0 Å². The zero-order valence-corrected chi connectivity index (χ0v) is 14.3. The van der Waals surface area contributed by atoms with Crippen molar-refractivity contribution in [3.05, 3.63) is 38.5 Å². The first-order valence-corrected chi connectivity index (χ1v) is 7.91. The zero-order chi connectivity index (χ0) is 20.4. The molecule has 0 bridgehead atoms. The number of anilines is 1. The van der Waals surface area contributed by atoms with E-state index < -0.39 is 60.6 Å². The van der Waals surface area contributed by atoms with Gasteiger partial charge in [0.1, 0.15) is 17.2 Å². The monoisotopic (exact) mass is 438 g/mol. The van der Waals surface area contributed by atoms with Gasteiger partial charge in [0.25, 0.3) is 0 Å². The summed E-state index contributed by atoms with van der Waals surface area (Å²) >= 11 is 7.40. The standard InChI is InChI=1S/C12H6Cl2F6N4OS/c13-5-1-4(11(15,16)17)2-6(14)8(5)24-10(23)9(7(22)3-21)26(25)12(18,19)20/h1-2,22,24H,23H2/b10-9+,22-7?. The number of alkyl halides is 6. The lowest BCUT2D eigenvalue weighted by atomic mass is 10.2. The number of hydrogen-bond donors (Lipinski definition) is 3. The molecule has 5 nitrogen and oxygen atoms in total. The van der Waals surface area contributed by atoms with E-state index in [1.165, 1.54) is 0 Å². The Labute approximate surface area is 155 Å². The molecule has 0 saturated heterocycles. The zero-order valence-electron chi connectivity index (χ0n) is 12.0. The molecule has 0 radical (unpaired) electrons. The molecule has 1 rings (SSSR count). The average Bonchev–Trinajstić information content (AvgIpc) is 2.48. The van der Waals surface area contributed by atoms with Gasteiger partial charge in [0, 0.05) is 0 Å². The maximum absolute atomic E-state index is 12.7. The Morgan fingerprint density at radius 3 is 2.00 bits per heavy atom. The molecule has 1 aromatic carbocycles. The van der Waals surface area contributed by atoms with Gasteiger partial charge in [0.15, 0.2) is 11.5 Å². The molecule has 14 heteroatoms. The molecule has 0 aliphatic carbocycles. The topological polar surface area (TPSA) is 109 Å². The van der Waals surface area contributed by atoms with Gasteiger partial charge in [-0.25, -0.2) is 0 Å². The van der Waals surface area contributed by atoms with Crippen molar-refractivity contribution in [2.45, 2.75) is 11.7 Å². The van der Waals surface area contributed by atoms with Gasteiger partial charge in [-0.2, -0.15) is 18.4 Å². The lowest BCUT2D eigenvalue weighted by Crippen LogP contribution is -2.32. The maximum Gasteiger partial charge on any atom is 0.578 e. The van der Waals surface area contributed by atoms with Crippen LogP contribution in [0.25, 0.3) is 0 Å². The summed E-state index contributed by atoms with van der Waals surface area (Å²) in [5.74, 6) is -1.09. The molecule has 142 valence electrons. The van der Waals surface area contributed by atoms with Crippen LogP contribution in [0, 0.1) is 16.7 Å². The van der Waals surface area contributed by atoms with Crippen LogP contribution >= 0.6 is 23.2 Å². The van der Waals surface area contributed by atoms with E-state index in [-0.39, 0.29) is 0 Å². The summed E-state index contributed by atoms with van der Waals surface area (Å²) < 4.78 is 87.3. The van der Waals surface area contributed by atoms with E-state index in [1.54, 1.807) is 0 Å². The van der Waals surface area contributed by atoms with Crippen LogP contribution in [-0.2, 0) is 17.4 Å². The molecule has 0 heterocycles. The summed E-state index contributed by atoms with van der Waals surface area (Å²) in [5.41, 5.74) is -3.15. The fraction of sp³-hybridized carbons (Fsp3) is 0.167. The normalized spacial score (nSPS) is 14.3. The second-order valence-electron chi connectivity index (χ2n) is 4.38. The predicted octanol–water partition coefficient (Wildman–Crippen LogP) is 4.36. The largest absolute Gasteiger partial charge is 0.604 e.